The molecule has 0 bridgehead atoms. The maximum absolute atomic E-state index is 12.7. The van der Waals surface area contributed by atoms with Gasteiger partial charge in [-0.3, -0.25) is 23.4 Å². The molecule has 0 aromatic carbocycles. The zero-order valence-corrected chi connectivity index (χ0v) is 37.6. The van der Waals surface area contributed by atoms with Crippen molar-refractivity contribution >= 4 is 25.7 Å². The quantitative estimate of drug-likeness (QED) is 0.0303. The molecule has 0 aliphatic carbocycles. The zero-order chi connectivity index (χ0) is 42.1. The Morgan fingerprint density at radius 3 is 1.11 bits per heavy atom. The molecule has 0 amide bonds. The molecule has 3 atom stereocenters. The number of carbonyl (C=O) groups is 3. The van der Waals surface area contributed by atoms with Crippen LogP contribution in [-0.2, 0) is 37.5 Å². The summed E-state index contributed by atoms with van der Waals surface area (Å²) < 4.78 is 32.8. The summed E-state index contributed by atoms with van der Waals surface area (Å²) in [6, 6.07) is -1.52. The smallest absolute Gasteiger partial charge is 0.472 e. The van der Waals surface area contributed by atoms with Crippen molar-refractivity contribution in [1.29, 1.82) is 0 Å². The van der Waals surface area contributed by atoms with E-state index in [-0.39, 0.29) is 19.4 Å². The molecule has 57 heavy (non-hydrogen) atoms. The summed E-state index contributed by atoms with van der Waals surface area (Å²) in [5.41, 5.74) is 5.34. The number of nitrogens with two attached hydrogens (primary N) is 1. The molecule has 12 heteroatoms. The molecule has 0 rings (SSSR count). The molecule has 3 unspecified atom stereocenters. The summed E-state index contributed by atoms with van der Waals surface area (Å²) in [7, 11) is -4.71. The van der Waals surface area contributed by atoms with Gasteiger partial charge in [0.1, 0.15) is 12.6 Å². The molecule has 0 saturated carbocycles. The van der Waals surface area contributed by atoms with Crippen LogP contribution >= 0.6 is 7.82 Å². The minimum Gasteiger partial charge on any atom is -0.480 e. The van der Waals surface area contributed by atoms with Crippen molar-refractivity contribution in [2.24, 2.45) is 5.73 Å². The summed E-state index contributed by atoms with van der Waals surface area (Å²) >= 11 is 0. The first-order valence-electron chi connectivity index (χ1n) is 23.6. The third kappa shape index (κ3) is 41.0. The first-order valence-corrected chi connectivity index (χ1v) is 25.1. The Balaban J connectivity index is 4.26. The normalized spacial score (nSPS) is 13.6. The van der Waals surface area contributed by atoms with E-state index in [2.05, 4.69) is 18.4 Å². The van der Waals surface area contributed by atoms with Gasteiger partial charge in [-0.25, -0.2) is 4.57 Å². The summed E-state index contributed by atoms with van der Waals surface area (Å²) in [4.78, 5) is 46.0. The van der Waals surface area contributed by atoms with E-state index in [1.54, 1.807) is 0 Å². The van der Waals surface area contributed by atoms with Crippen molar-refractivity contribution in [3.05, 3.63) is 0 Å². The fraction of sp³-hybridized carbons (Fsp3) is 0.933. The van der Waals surface area contributed by atoms with Gasteiger partial charge in [0.25, 0.3) is 0 Å². The lowest BCUT2D eigenvalue weighted by Crippen LogP contribution is -2.34. The third-order valence-corrected chi connectivity index (χ3v) is 11.6. The van der Waals surface area contributed by atoms with Crippen LogP contribution in [0.2, 0.25) is 0 Å². The number of phosphoric ester groups is 1. The summed E-state index contributed by atoms with van der Waals surface area (Å²) in [6.45, 7) is 2.85. The highest BCUT2D eigenvalue weighted by atomic mass is 31.2. The Hall–Kier alpha value is -1.52. The Morgan fingerprint density at radius 2 is 0.772 bits per heavy atom. The SMILES string of the molecule is CCCCCCCCCCCCCCCCCCCCC(=O)OC(COC(=O)CCCCCCCCCCCCCCCCC)COP(=O)(O)OCC(N)C(=O)O. The fourth-order valence-electron chi connectivity index (χ4n) is 6.89. The lowest BCUT2D eigenvalue weighted by atomic mass is 10.0. The number of phosphoric acid groups is 1. The molecular formula is C45H88NO10P. The van der Waals surface area contributed by atoms with Crippen LogP contribution in [-0.4, -0.2) is 59.9 Å². The van der Waals surface area contributed by atoms with Crippen LogP contribution in [0.4, 0.5) is 0 Å². The van der Waals surface area contributed by atoms with Gasteiger partial charge in [0.05, 0.1) is 13.2 Å². The maximum atomic E-state index is 12.7. The second-order valence-corrected chi connectivity index (χ2v) is 17.7. The molecule has 0 heterocycles. The third-order valence-electron chi connectivity index (χ3n) is 10.6. The molecule has 0 radical (unpaired) electrons. The van der Waals surface area contributed by atoms with Gasteiger partial charge in [0.2, 0.25) is 0 Å². The number of carboxylic acid groups (broad SMARTS) is 1. The predicted molar refractivity (Wildman–Crippen MR) is 231 cm³/mol. The van der Waals surface area contributed by atoms with Crippen molar-refractivity contribution in [1.82, 2.24) is 0 Å². The van der Waals surface area contributed by atoms with Gasteiger partial charge in [-0.05, 0) is 12.8 Å². The number of hydrogen-bond donors (Lipinski definition) is 3. The number of ether oxygens (including phenoxy) is 2. The largest absolute Gasteiger partial charge is 0.480 e. The second kappa shape index (κ2) is 41.2. The van der Waals surface area contributed by atoms with Crippen LogP contribution in [0.15, 0.2) is 0 Å². The predicted octanol–water partition coefficient (Wildman–Crippen LogP) is 12.7. The van der Waals surface area contributed by atoms with Gasteiger partial charge in [0, 0.05) is 12.8 Å². The monoisotopic (exact) mass is 834 g/mol. The molecule has 0 aromatic heterocycles. The Morgan fingerprint density at radius 1 is 0.474 bits per heavy atom. The van der Waals surface area contributed by atoms with Gasteiger partial charge in [-0.15, -0.1) is 0 Å². The Kier molecular flexibility index (Phi) is 40.1. The van der Waals surface area contributed by atoms with E-state index in [9.17, 15) is 23.8 Å². The molecule has 4 N–H and O–H groups in total. The van der Waals surface area contributed by atoms with Crippen molar-refractivity contribution < 1.29 is 47.5 Å². The van der Waals surface area contributed by atoms with Crippen molar-refractivity contribution in [3.63, 3.8) is 0 Å². The molecule has 0 saturated heterocycles. The number of esters is 2. The molecule has 0 fully saturated rings. The van der Waals surface area contributed by atoms with E-state index in [4.69, 9.17) is 24.8 Å². The van der Waals surface area contributed by atoms with Gasteiger partial charge in [-0.1, -0.05) is 213 Å². The second-order valence-electron chi connectivity index (χ2n) is 16.3. The number of hydrogen-bond acceptors (Lipinski definition) is 9. The van der Waals surface area contributed by atoms with E-state index in [1.807, 2.05) is 0 Å². The maximum Gasteiger partial charge on any atom is 0.472 e. The molecular weight excluding hydrogens is 745 g/mol. The first-order chi connectivity index (χ1) is 27.6. The van der Waals surface area contributed by atoms with E-state index in [0.29, 0.717) is 12.8 Å². The van der Waals surface area contributed by atoms with Crippen LogP contribution in [0.5, 0.6) is 0 Å². The Bertz CT molecular complexity index is 984. The summed E-state index contributed by atoms with van der Waals surface area (Å²) in [6.07, 6.45) is 40.2. The van der Waals surface area contributed by atoms with Gasteiger partial charge < -0.3 is 25.2 Å². The number of carbonyl (C=O) groups excluding carboxylic acids is 2. The summed E-state index contributed by atoms with van der Waals surface area (Å²) in [5.74, 6) is -2.35. The average molecular weight is 834 g/mol. The zero-order valence-electron chi connectivity index (χ0n) is 36.7. The van der Waals surface area contributed by atoms with Crippen LogP contribution in [0, 0.1) is 0 Å². The van der Waals surface area contributed by atoms with Crippen LogP contribution in [0.25, 0.3) is 0 Å². The number of aliphatic carboxylic acids is 1. The van der Waals surface area contributed by atoms with Gasteiger partial charge in [0.15, 0.2) is 6.10 Å². The van der Waals surface area contributed by atoms with Crippen LogP contribution in [0.1, 0.15) is 239 Å². The first kappa shape index (κ1) is 55.5. The van der Waals surface area contributed by atoms with E-state index < -0.39 is 51.1 Å². The molecule has 0 spiro atoms. The average Bonchev–Trinajstić information content (AvgIpc) is 3.19. The minimum atomic E-state index is -4.71. The molecule has 338 valence electrons. The summed E-state index contributed by atoms with van der Waals surface area (Å²) in [5, 5.41) is 8.90. The molecule has 0 aromatic rings. The molecule has 0 aliphatic rings. The van der Waals surface area contributed by atoms with Crippen LogP contribution in [0.3, 0.4) is 0 Å². The molecule has 0 aliphatic heterocycles. The highest BCUT2D eigenvalue weighted by Crippen LogP contribution is 2.43. The minimum absolute atomic E-state index is 0.170. The van der Waals surface area contributed by atoms with E-state index in [1.165, 1.54) is 161 Å². The van der Waals surface area contributed by atoms with Crippen molar-refractivity contribution in [2.45, 2.75) is 251 Å². The topological polar surface area (TPSA) is 172 Å². The van der Waals surface area contributed by atoms with Crippen molar-refractivity contribution in [3.8, 4) is 0 Å². The van der Waals surface area contributed by atoms with E-state index >= 15 is 0 Å². The molecule has 11 nitrogen and oxygen atoms in total. The number of unbranched alkanes of at least 4 members (excludes halogenated alkanes) is 31. The lowest BCUT2D eigenvalue weighted by Gasteiger charge is -2.20. The highest BCUT2D eigenvalue weighted by molar-refractivity contribution is 7.47. The van der Waals surface area contributed by atoms with Crippen LogP contribution < -0.4 is 5.73 Å². The fourth-order valence-corrected chi connectivity index (χ4v) is 7.67. The number of carboxylic acids is 1. The van der Waals surface area contributed by atoms with Gasteiger partial charge >= 0.3 is 25.7 Å². The highest BCUT2D eigenvalue weighted by Gasteiger charge is 2.28. The number of rotatable bonds is 45. The van der Waals surface area contributed by atoms with Crippen molar-refractivity contribution in [2.75, 3.05) is 19.8 Å². The van der Waals surface area contributed by atoms with Gasteiger partial charge in [-0.2, -0.15) is 0 Å². The Labute approximate surface area is 348 Å². The standard InChI is InChI=1S/C45H88NO10P/c1-3-5-7-9-11-13-15-17-19-20-21-23-25-27-29-31-33-35-37-44(48)56-41(39-54-57(51,52)55-40-42(46)45(49)50)38-53-43(47)36-34-32-30-28-26-24-22-18-16-14-12-10-8-6-4-2/h41-42H,3-40,46H2,1-2H3,(H,49,50)(H,51,52). The lowest BCUT2D eigenvalue weighted by molar-refractivity contribution is -0.161. The van der Waals surface area contributed by atoms with E-state index in [0.717, 1.165) is 38.5 Å².